The lowest BCUT2D eigenvalue weighted by molar-refractivity contribution is -0.145. The lowest BCUT2D eigenvalue weighted by Gasteiger charge is -2.43. The molecule has 2 aliphatic rings. The molecular weight excluding hydrogens is 307 g/mol. The number of carbonyl (C=O) groups excluding carboxylic acids is 1. The zero-order valence-electron chi connectivity index (χ0n) is 13.7. The molecule has 3 N–H and O–H groups in total. The summed E-state index contributed by atoms with van der Waals surface area (Å²) in [5, 5.41) is 0. The Morgan fingerprint density at radius 3 is 2.71 bits per heavy atom. The smallest absolute Gasteiger partial charge is 0.225 e. The van der Waals surface area contributed by atoms with E-state index in [0.717, 1.165) is 42.8 Å². The molecule has 1 saturated carbocycles. The Morgan fingerprint density at radius 1 is 1.33 bits per heavy atom. The maximum absolute atomic E-state index is 13.9. The highest BCUT2D eigenvalue weighted by Crippen LogP contribution is 2.42. The van der Waals surface area contributed by atoms with E-state index in [9.17, 15) is 9.18 Å². The van der Waals surface area contributed by atoms with Gasteiger partial charge in [0.1, 0.15) is 11.5 Å². The first kappa shape index (κ1) is 15.6. The summed E-state index contributed by atoms with van der Waals surface area (Å²) in [6.45, 7) is 1.46. The number of aromatic nitrogens is 2. The average molecular weight is 330 g/mol. The van der Waals surface area contributed by atoms with Gasteiger partial charge in [-0.05, 0) is 37.8 Å². The van der Waals surface area contributed by atoms with Crippen LogP contribution in [-0.2, 0) is 4.79 Å². The standard InChI is InChI=1S/C18H23FN4O/c19-18(11-20)9-13(10-18)17(24)23-7-5-12(6-8-23)16-21-14-3-1-2-4-15(14)22-16/h1-4,12-13H,5-11,20H2,(H,21,22). The number of benzene rings is 1. The average Bonchev–Trinajstić information content (AvgIpc) is 3.02. The van der Waals surface area contributed by atoms with Crippen molar-refractivity contribution >= 4 is 16.9 Å². The number of carbonyl (C=O) groups is 1. The summed E-state index contributed by atoms with van der Waals surface area (Å²) in [6.07, 6.45) is 2.36. The molecule has 6 heteroatoms. The molecule has 1 aromatic carbocycles. The van der Waals surface area contributed by atoms with Crippen molar-refractivity contribution < 1.29 is 9.18 Å². The third-order valence-corrected chi connectivity index (χ3v) is 5.54. The number of hydrogen-bond donors (Lipinski definition) is 2. The van der Waals surface area contributed by atoms with Crippen LogP contribution in [0.4, 0.5) is 4.39 Å². The maximum atomic E-state index is 13.9. The van der Waals surface area contributed by atoms with E-state index in [0.29, 0.717) is 5.92 Å². The summed E-state index contributed by atoms with van der Waals surface area (Å²) in [4.78, 5) is 22.4. The third kappa shape index (κ3) is 2.69. The van der Waals surface area contributed by atoms with Crippen LogP contribution in [0.25, 0.3) is 11.0 Å². The zero-order chi connectivity index (χ0) is 16.7. The van der Waals surface area contributed by atoms with E-state index in [-0.39, 0.29) is 31.2 Å². The molecular formula is C18H23FN4O. The van der Waals surface area contributed by atoms with Crippen molar-refractivity contribution in [2.75, 3.05) is 19.6 Å². The topological polar surface area (TPSA) is 75.0 Å². The van der Waals surface area contributed by atoms with Crippen molar-refractivity contribution in [2.45, 2.75) is 37.3 Å². The Kier molecular flexibility index (Phi) is 3.79. The molecule has 2 fully saturated rings. The van der Waals surface area contributed by atoms with E-state index < -0.39 is 5.67 Å². The van der Waals surface area contributed by atoms with Crippen LogP contribution in [0.2, 0.25) is 0 Å². The van der Waals surface area contributed by atoms with Crippen LogP contribution in [0, 0.1) is 5.92 Å². The number of rotatable bonds is 3. The summed E-state index contributed by atoms with van der Waals surface area (Å²) >= 11 is 0. The molecule has 0 unspecified atom stereocenters. The number of fused-ring (bicyclic) bond motifs is 1. The number of amides is 1. The van der Waals surface area contributed by atoms with Gasteiger partial charge in [-0.2, -0.15) is 0 Å². The van der Waals surface area contributed by atoms with Gasteiger partial charge in [-0.1, -0.05) is 12.1 Å². The summed E-state index contributed by atoms with van der Waals surface area (Å²) in [5.74, 6) is 1.28. The molecule has 0 bridgehead atoms. The predicted octanol–water partition coefficient (Wildman–Crippen LogP) is 2.35. The molecule has 128 valence electrons. The second-order valence-corrected chi connectivity index (χ2v) is 7.20. The Bertz CT molecular complexity index is 711. The van der Waals surface area contributed by atoms with Crippen LogP contribution in [0.15, 0.2) is 24.3 Å². The Labute approximate surface area is 140 Å². The minimum Gasteiger partial charge on any atom is -0.342 e. The van der Waals surface area contributed by atoms with E-state index in [1.54, 1.807) is 0 Å². The molecule has 1 amide bonds. The van der Waals surface area contributed by atoms with Crippen LogP contribution in [0.5, 0.6) is 0 Å². The monoisotopic (exact) mass is 330 g/mol. The summed E-state index contributed by atoms with van der Waals surface area (Å²) in [6, 6.07) is 8.02. The number of piperidine rings is 1. The van der Waals surface area contributed by atoms with Crippen LogP contribution in [0.1, 0.15) is 37.4 Å². The largest absolute Gasteiger partial charge is 0.342 e. The van der Waals surface area contributed by atoms with Crippen LogP contribution in [-0.4, -0.2) is 46.1 Å². The van der Waals surface area contributed by atoms with E-state index in [1.807, 2.05) is 29.2 Å². The normalized spacial score (nSPS) is 28.1. The SMILES string of the molecule is NCC1(F)CC(C(=O)N2CCC(c3nc4ccccc4[nH]3)CC2)C1. The quantitative estimate of drug-likeness (QED) is 0.907. The number of nitrogens with zero attached hydrogens (tertiary/aromatic N) is 2. The molecule has 1 aromatic heterocycles. The number of para-hydroxylation sites is 2. The van der Waals surface area contributed by atoms with Crippen molar-refractivity contribution in [3.63, 3.8) is 0 Å². The first-order valence-corrected chi connectivity index (χ1v) is 8.70. The van der Waals surface area contributed by atoms with E-state index in [4.69, 9.17) is 5.73 Å². The highest BCUT2D eigenvalue weighted by atomic mass is 19.1. The lowest BCUT2D eigenvalue weighted by Crippen LogP contribution is -2.53. The minimum absolute atomic E-state index is 0.0188. The Morgan fingerprint density at radius 2 is 2.04 bits per heavy atom. The molecule has 2 heterocycles. The zero-order valence-corrected chi connectivity index (χ0v) is 13.7. The van der Waals surface area contributed by atoms with Gasteiger partial charge in [0.05, 0.1) is 11.0 Å². The van der Waals surface area contributed by atoms with Crippen molar-refractivity contribution in [3.05, 3.63) is 30.1 Å². The number of nitrogens with two attached hydrogens (primary N) is 1. The number of hydrogen-bond acceptors (Lipinski definition) is 3. The number of alkyl halides is 1. The van der Waals surface area contributed by atoms with Crippen LogP contribution in [0.3, 0.4) is 0 Å². The number of likely N-dealkylation sites (tertiary alicyclic amines) is 1. The van der Waals surface area contributed by atoms with Gasteiger partial charge in [0.25, 0.3) is 0 Å². The molecule has 4 rings (SSSR count). The molecule has 1 aliphatic carbocycles. The van der Waals surface area contributed by atoms with Crippen molar-refractivity contribution in [3.8, 4) is 0 Å². The number of nitrogens with one attached hydrogen (secondary N) is 1. The van der Waals surface area contributed by atoms with Crippen LogP contribution < -0.4 is 5.73 Å². The molecule has 1 saturated heterocycles. The second-order valence-electron chi connectivity index (χ2n) is 7.20. The molecule has 0 radical (unpaired) electrons. The summed E-state index contributed by atoms with van der Waals surface area (Å²) in [5.41, 5.74) is 6.15. The molecule has 24 heavy (non-hydrogen) atoms. The number of H-pyrrole nitrogens is 1. The first-order chi connectivity index (χ1) is 11.6. The number of imidazole rings is 1. The second kappa shape index (κ2) is 5.84. The van der Waals surface area contributed by atoms with Gasteiger partial charge in [0, 0.05) is 31.5 Å². The van der Waals surface area contributed by atoms with Gasteiger partial charge in [-0.3, -0.25) is 4.79 Å². The third-order valence-electron chi connectivity index (χ3n) is 5.54. The van der Waals surface area contributed by atoms with Gasteiger partial charge in [-0.15, -0.1) is 0 Å². The predicted molar refractivity (Wildman–Crippen MR) is 90.3 cm³/mol. The molecule has 0 spiro atoms. The molecule has 5 nitrogen and oxygen atoms in total. The Balaban J connectivity index is 1.36. The van der Waals surface area contributed by atoms with Crippen molar-refractivity contribution in [2.24, 2.45) is 11.7 Å². The number of halogens is 1. The van der Waals surface area contributed by atoms with Gasteiger partial charge < -0.3 is 15.6 Å². The maximum Gasteiger partial charge on any atom is 0.225 e. The molecule has 0 atom stereocenters. The van der Waals surface area contributed by atoms with E-state index >= 15 is 0 Å². The van der Waals surface area contributed by atoms with Crippen molar-refractivity contribution in [1.82, 2.24) is 14.9 Å². The fraction of sp³-hybridized carbons (Fsp3) is 0.556. The lowest BCUT2D eigenvalue weighted by atomic mass is 9.71. The Hall–Kier alpha value is -1.95. The van der Waals surface area contributed by atoms with Crippen LogP contribution >= 0.6 is 0 Å². The highest BCUT2D eigenvalue weighted by molar-refractivity contribution is 5.80. The van der Waals surface area contributed by atoms with Crippen molar-refractivity contribution in [1.29, 1.82) is 0 Å². The minimum atomic E-state index is -1.31. The molecule has 2 aromatic rings. The van der Waals surface area contributed by atoms with Gasteiger partial charge in [0.2, 0.25) is 5.91 Å². The van der Waals surface area contributed by atoms with Gasteiger partial charge >= 0.3 is 0 Å². The fourth-order valence-corrected chi connectivity index (χ4v) is 3.96. The first-order valence-electron chi connectivity index (χ1n) is 8.70. The van der Waals surface area contributed by atoms with Gasteiger partial charge in [0.15, 0.2) is 0 Å². The highest BCUT2D eigenvalue weighted by Gasteiger charge is 2.48. The van der Waals surface area contributed by atoms with E-state index in [2.05, 4.69) is 9.97 Å². The summed E-state index contributed by atoms with van der Waals surface area (Å²) in [7, 11) is 0. The fourth-order valence-electron chi connectivity index (χ4n) is 3.96. The number of aromatic amines is 1. The van der Waals surface area contributed by atoms with Gasteiger partial charge in [-0.25, -0.2) is 9.37 Å². The molecule has 1 aliphatic heterocycles. The summed E-state index contributed by atoms with van der Waals surface area (Å²) < 4.78 is 13.9. The van der Waals surface area contributed by atoms with E-state index in [1.165, 1.54) is 0 Å².